The summed E-state index contributed by atoms with van der Waals surface area (Å²) in [5.41, 5.74) is 1.93. The Morgan fingerprint density at radius 1 is 0.903 bits per heavy atom. The Bertz CT molecular complexity index is 1160. The predicted molar refractivity (Wildman–Crippen MR) is 123 cm³/mol. The predicted octanol–water partition coefficient (Wildman–Crippen LogP) is 1.93. The Morgan fingerprint density at radius 2 is 1.58 bits per heavy atom. The topological polar surface area (TPSA) is 108 Å². The summed E-state index contributed by atoms with van der Waals surface area (Å²) in [5, 5.41) is 0. The van der Waals surface area contributed by atoms with Crippen LogP contribution in [-0.2, 0) is 20.0 Å². The zero-order valence-corrected chi connectivity index (χ0v) is 19.7. The smallest absolute Gasteiger partial charge is 0.262 e. The van der Waals surface area contributed by atoms with Gasteiger partial charge in [-0.15, -0.1) is 0 Å². The first-order valence-electron chi connectivity index (χ1n) is 9.71. The summed E-state index contributed by atoms with van der Waals surface area (Å²) in [6, 6.07) is 9.57. The van der Waals surface area contributed by atoms with Gasteiger partial charge in [-0.25, -0.2) is 16.8 Å². The minimum absolute atomic E-state index is 0.0170. The number of nitrogens with zero attached hydrogens (tertiary/aromatic N) is 2. The monoisotopic (exact) mass is 468 g/mol. The third-order valence-corrected chi connectivity index (χ3v) is 7.05. The molecule has 2 aromatic carbocycles. The Kier molecular flexibility index (Phi) is 6.68. The van der Waals surface area contributed by atoms with E-state index in [1.165, 1.54) is 19.2 Å². The number of hydrogen-bond acceptors (Lipinski definition) is 7. The summed E-state index contributed by atoms with van der Waals surface area (Å²) in [6.07, 6.45) is 1.03. The Hall–Kier alpha value is -2.50. The van der Waals surface area contributed by atoms with Crippen LogP contribution in [0.2, 0.25) is 0 Å². The van der Waals surface area contributed by atoms with Crippen LogP contribution in [0.5, 0.6) is 5.75 Å². The van der Waals surface area contributed by atoms with Gasteiger partial charge in [-0.1, -0.05) is 6.07 Å². The number of sulfonamides is 2. The molecule has 9 nitrogen and oxygen atoms in total. The molecule has 0 aliphatic carbocycles. The van der Waals surface area contributed by atoms with Gasteiger partial charge in [-0.2, -0.15) is 0 Å². The maximum absolute atomic E-state index is 13.0. The zero-order valence-electron chi connectivity index (χ0n) is 18.0. The van der Waals surface area contributed by atoms with Crippen molar-refractivity contribution in [2.45, 2.75) is 11.8 Å². The van der Waals surface area contributed by atoms with E-state index in [2.05, 4.69) is 19.2 Å². The highest BCUT2D eigenvalue weighted by molar-refractivity contribution is 7.93. The van der Waals surface area contributed by atoms with Crippen molar-refractivity contribution in [1.82, 2.24) is 4.90 Å². The molecule has 11 heteroatoms. The van der Waals surface area contributed by atoms with Gasteiger partial charge in [-0.3, -0.25) is 9.44 Å². The minimum Gasteiger partial charge on any atom is -0.496 e. The van der Waals surface area contributed by atoms with Gasteiger partial charge in [0, 0.05) is 37.9 Å². The Labute approximate surface area is 184 Å². The van der Waals surface area contributed by atoms with Crippen molar-refractivity contribution >= 4 is 37.1 Å². The number of likely N-dealkylation sites (N-methyl/N-ethyl adjacent to an activating group) is 1. The van der Waals surface area contributed by atoms with E-state index in [4.69, 9.17) is 4.74 Å². The molecule has 1 saturated heterocycles. The molecule has 2 aromatic rings. The molecule has 31 heavy (non-hydrogen) atoms. The SMILES string of the molecule is COc1cc(S(=O)(=O)Nc2ccc(N3CCN(C)CC3)cc2NS(C)(=O)=O)ccc1C. The van der Waals surface area contributed by atoms with Crippen LogP contribution in [-0.4, -0.2) is 68.3 Å². The van der Waals surface area contributed by atoms with Gasteiger partial charge >= 0.3 is 0 Å². The Morgan fingerprint density at radius 3 is 2.19 bits per heavy atom. The van der Waals surface area contributed by atoms with Crippen molar-refractivity contribution in [1.29, 1.82) is 0 Å². The van der Waals surface area contributed by atoms with Crippen LogP contribution < -0.4 is 19.1 Å². The number of nitrogens with one attached hydrogen (secondary N) is 2. The van der Waals surface area contributed by atoms with Crippen LogP contribution in [0, 0.1) is 6.92 Å². The lowest BCUT2D eigenvalue weighted by atomic mass is 10.2. The maximum atomic E-state index is 13.0. The average molecular weight is 469 g/mol. The van der Waals surface area contributed by atoms with Crippen LogP contribution in [0.25, 0.3) is 0 Å². The summed E-state index contributed by atoms with van der Waals surface area (Å²) in [5.74, 6) is 0.447. The molecule has 0 atom stereocenters. The van der Waals surface area contributed by atoms with Crippen LogP contribution in [0.3, 0.4) is 0 Å². The standard InChI is InChI=1S/C20H28N4O5S2/c1-15-5-7-17(14-20(15)29-3)31(27,28)22-18-8-6-16(13-19(18)21-30(4,25)26)24-11-9-23(2)10-12-24/h5-8,13-14,21-22H,9-12H2,1-4H3. The number of hydrogen-bond donors (Lipinski definition) is 2. The molecule has 0 saturated carbocycles. The molecule has 170 valence electrons. The zero-order chi connectivity index (χ0) is 22.8. The van der Waals surface area contributed by atoms with Crippen LogP contribution in [0.4, 0.5) is 17.1 Å². The van der Waals surface area contributed by atoms with E-state index in [0.717, 1.165) is 43.7 Å². The second-order valence-corrected chi connectivity index (χ2v) is 11.1. The molecular formula is C20H28N4O5S2. The molecule has 0 unspecified atom stereocenters. The largest absolute Gasteiger partial charge is 0.496 e. The summed E-state index contributed by atoms with van der Waals surface area (Å²) in [6.45, 7) is 5.18. The number of ether oxygens (including phenoxy) is 1. The van der Waals surface area contributed by atoms with Crippen molar-refractivity contribution in [3.05, 3.63) is 42.0 Å². The van der Waals surface area contributed by atoms with Crippen molar-refractivity contribution in [2.75, 3.05) is 60.9 Å². The lowest BCUT2D eigenvalue weighted by Gasteiger charge is -2.34. The molecule has 0 spiro atoms. The fraction of sp³-hybridized carbons (Fsp3) is 0.400. The third-order valence-electron chi connectivity index (χ3n) is 5.10. The van der Waals surface area contributed by atoms with Crippen LogP contribution in [0.1, 0.15) is 5.56 Å². The molecule has 0 amide bonds. The van der Waals surface area contributed by atoms with Gasteiger partial charge in [0.25, 0.3) is 10.0 Å². The number of benzene rings is 2. The van der Waals surface area contributed by atoms with Gasteiger partial charge in [0.15, 0.2) is 0 Å². The second-order valence-electron chi connectivity index (χ2n) is 7.63. The Balaban J connectivity index is 1.95. The van der Waals surface area contributed by atoms with E-state index in [-0.39, 0.29) is 16.3 Å². The third kappa shape index (κ3) is 5.81. The fourth-order valence-corrected chi connectivity index (χ4v) is 5.00. The number of anilines is 3. The van der Waals surface area contributed by atoms with Gasteiger partial charge < -0.3 is 14.5 Å². The first-order valence-corrected chi connectivity index (χ1v) is 13.1. The van der Waals surface area contributed by atoms with Crippen molar-refractivity contribution in [3.63, 3.8) is 0 Å². The van der Waals surface area contributed by atoms with Crippen LogP contribution in [0.15, 0.2) is 41.3 Å². The molecule has 3 rings (SSSR count). The lowest BCUT2D eigenvalue weighted by Crippen LogP contribution is -2.44. The van der Waals surface area contributed by atoms with Gasteiger partial charge in [-0.05, 0) is 43.8 Å². The van der Waals surface area contributed by atoms with Gasteiger partial charge in [0.2, 0.25) is 10.0 Å². The van der Waals surface area contributed by atoms with Crippen molar-refractivity contribution < 1.29 is 21.6 Å². The minimum atomic E-state index is -3.97. The number of aryl methyl sites for hydroxylation is 1. The fourth-order valence-electron chi connectivity index (χ4n) is 3.34. The van der Waals surface area contributed by atoms with Crippen molar-refractivity contribution in [2.24, 2.45) is 0 Å². The van der Waals surface area contributed by atoms with E-state index in [1.807, 2.05) is 14.0 Å². The molecule has 0 bridgehead atoms. The highest BCUT2D eigenvalue weighted by Gasteiger charge is 2.21. The molecule has 1 aliphatic heterocycles. The van der Waals surface area contributed by atoms with Crippen molar-refractivity contribution in [3.8, 4) is 5.75 Å². The van der Waals surface area contributed by atoms with E-state index in [0.29, 0.717) is 5.75 Å². The number of piperazine rings is 1. The molecule has 2 N–H and O–H groups in total. The van der Waals surface area contributed by atoms with E-state index in [1.54, 1.807) is 24.3 Å². The molecule has 1 aliphatic rings. The van der Waals surface area contributed by atoms with E-state index < -0.39 is 20.0 Å². The maximum Gasteiger partial charge on any atom is 0.262 e. The highest BCUT2D eigenvalue weighted by Crippen LogP contribution is 2.32. The molecule has 1 heterocycles. The van der Waals surface area contributed by atoms with E-state index in [9.17, 15) is 16.8 Å². The van der Waals surface area contributed by atoms with Crippen LogP contribution >= 0.6 is 0 Å². The second kappa shape index (κ2) is 8.93. The average Bonchev–Trinajstić information content (AvgIpc) is 2.69. The molecular weight excluding hydrogens is 440 g/mol. The van der Waals surface area contributed by atoms with E-state index >= 15 is 0 Å². The highest BCUT2D eigenvalue weighted by atomic mass is 32.2. The number of methoxy groups -OCH3 is 1. The normalized spacial score (nSPS) is 15.5. The summed E-state index contributed by atoms with van der Waals surface area (Å²) in [7, 11) is -4.08. The lowest BCUT2D eigenvalue weighted by molar-refractivity contribution is 0.313. The summed E-state index contributed by atoms with van der Waals surface area (Å²) in [4.78, 5) is 4.37. The number of rotatable bonds is 7. The summed E-state index contributed by atoms with van der Waals surface area (Å²) >= 11 is 0. The van der Waals surface area contributed by atoms with Gasteiger partial charge in [0.1, 0.15) is 5.75 Å². The summed E-state index contributed by atoms with van der Waals surface area (Å²) < 4.78 is 59.9. The molecule has 0 aromatic heterocycles. The quantitative estimate of drug-likeness (QED) is 0.639. The first-order chi connectivity index (χ1) is 14.5. The molecule has 1 fully saturated rings. The first kappa shape index (κ1) is 23.2. The molecule has 0 radical (unpaired) electrons. The van der Waals surface area contributed by atoms with Gasteiger partial charge in [0.05, 0.1) is 29.6 Å².